The summed E-state index contributed by atoms with van der Waals surface area (Å²) in [6, 6.07) is 2.16. The third kappa shape index (κ3) is 1.57. The Morgan fingerprint density at radius 3 is 3.00 bits per heavy atom. The highest BCUT2D eigenvalue weighted by Crippen LogP contribution is 2.32. The van der Waals surface area contributed by atoms with E-state index >= 15 is 0 Å². The summed E-state index contributed by atoms with van der Waals surface area (Å²) in [6.07, 6.45) is 1.39. The predicted molar refractivity (Wildman–Crippen MR) is 64.9 cm³/mol. The van der Waals surface area contributed by atoms with Crippen LogP contribution >= 0.6 is 11.3 Å². The second kappa shape index (κ2) is 3.84. The normalized spacial score (nSPS) is 27.7. The summed E-state index contributed by atoms with van der Waals surface area (Å²) in [5.41, 5.74) is 0.748. The van der Waals surface area contributed by atoms with Gasteiger partial charge in [-0.2, -0.15) is 11.3 Å². The van der Waals surface area contributed by atoms with Crippen molar-refractivity contribution in [3.05, 3.63) is 22.4 Å². The zero-order valence-electron chi connectivity index (χ0n) is 9.63. The van der Waals surface area contributed by atoms with E-state index in [1.807, 2.05) is 28.8 Å². The number of likely N-dealkylation sites (tertiary alicyclic amines) is 2. The van der Waals surface area contributed by atoms with Crippen molar-refractivity contribution >= 4 is 23.2 Å². The van der Waals surface area contributed by atoms with Gasteiger partial charge in [-0.05, 0) is 17.9 Å². The van der Waals surface area contributed by atoms with E-state index in [1.54, 1.807) is 4.90 Å². The van der Waals surface area contributed by atoms with Crippen LogP contribution in [0.15, 0.2) is 16.8 Å². The summed E-state index contributed by atoms with van der Waals surface area (Å²) in [7, 11) is 1.84. The van der Waals surface area contributed by atoms with Gasteiger partial charge in [-0.15, -0.1) is 0 Å². The van der Waals surface area contributed by atoms with E-state index in [-0.39, 0.29) is 23.9 Å². The van der Waals surface area contributed by atoms with Crippen LogP contribution in [0.5, 0.6) is 0 Å². The molecule has 0 radical (unpaired) electrons. The average Bonchev–Trinajstić information content (AvgIpc) is 2.99. The van der Waals surface area contributed by atoms with Gasteiger partial charge in [-0.3, -0.25) is 9.59 Å². The number of hydrogen-bond donors (Lipinski definition) is 0. The molecule has 0 bridgehead atoms. The minimum absolute atomic E-state index is 0.0712. The van der Waals surface area contributed by atoms with Crippen molar-refractivity contribution in [1.29, 1.82) is 0 Å². The first-order valence-corrected chi connectivity index (χ1v) is 6.71. The molecule has 2 atom stereocenters. The minimum atomic E-state index is 0.0712. The molecule has 0 aliphatic carbocycles. The van der Waals surface area contributed by atoms with Gasteiger partial charge in [0.15, 0.2) is 0 Å². The Morgan fingerprint density at radius 2 is 2.29 bits per heavy atom. The Labute approximate surface area is 104 Å². The van der Waals surface area contributed by atoms with Crippen LogP contribution in [0.3, 0.4) is 0 Å². The van der Waals surface area contributed by atoms with Gasteiger partial charge in [0.05, 0.1) is 17.6 Å². The molecule has 1 aromatic heterocycles. The maximum absolute atomic E-state index is 12.3. The lowest BCUT2D eigenvalue weighted by Gasteiger charge is -2.23. The summed E-state index contributed by atoms with van der Waals surface area (Å²) in [6.45, 7) is 0.766. The van der Waals surface area contributed by atoms with Crippen molar-refractivity contribution in [2.24, 2.45) is 0 Å². The molecule has 2 saturated heterocycles. The minimum Gasteiger partial charge on any atom is -0.341 e. The predicted octanol–water partition coefficient (Wildman–Crippen LogP) is 1.19. The molecule has 3 heterocycles. The topological polar surface area (TPSA) is 40.6 Å². The lowest BCUT2D eigenvalue weighted by Crippen LogP contribution is -2.38. The zero-order chi connectivity index (χ0) is 12.0. The number of carbonyl (C=O) groups is 2. The second-order valence-corrected chi connectivity index (χ2v) is 5.42. The molecule has 0 spiro atoms. The van der Waals surface area contributed by atoms with Crippen LogP contribution in [-0.4, -0.2) is 47.3 Å². The number of thiophene rings is 1. The molecule has 1 aromatic rings. The van der Waals surface area contributed by atoms with Gasteiger partial charge in [0, 0.05) is 25.4 Å². The highest BCUT2D eigenvalue weighted by molar-refractivity contribution is 7.08. The third-order valence-electron chi connectivity index (χ3n) is 3.81. The van der Waals surface area contributed by atoms with E-state index in [0.717, 1.165) is 18.5 Å². The molecule has 90 valence electrons. The second-order valence-electron chi connectivity index (χ2n) is 4.64. The van der Waals surface area contributed by atoms with Crippen LogP contribution in [0.2, 0.25) is 0 Å². The summed E-state index contributed by atoms with van der Waals surface area (Å²) in [5.74, 6) is 0.227. The summed E-state index contributed by atoms with van der Waals surface area (Å²) >= 11 is 1.53. The van der Waals surface area contributed by atoms with Crippen LogP contribution in [0.1, 0.15) is 23.2 Å². The number of amides is 2. The highest BCUT2D eigenvalue weighted by Gasteiger charge is 2.46. The molecule has 17 heavy (non-hydrogen) atoms. The van der Waals surface area contributed by atoms with Gasteiger partial charge in [0.1, 0.15) is 0 Å². The molecule has 0 saturated carbocycles. The van der Waals surface area contributed by atoms with Crippen molar-refractivity contribution in [3.63, 3.8) is 0 Å². The van der Waals surface area contributed by atoms with Gasteiger partial charge < -0.3 is 9.80 Å². The van der Waals surface area contributed by atoms with E-state index in [4.69, 9.17) is 0 Å². The maximum atomic E-state index is 12.3. The van der Waals surface area contributed by atoms with Crippen molar-refractivity contribution in [2.75, 3.05) is 13.6 Å². The highest BCUT2D eigenvalue weighted by atomic mass is 32.1. The SMILES string of the molecule is CN1C(=O)C[C@H]2[C@@H]1CCN2C(=O)c1ccsc1. The van der Waals surface area contributed by atoms with Crippen LogP contribution < -0.4 is 0 Å². The van der Waals surface area contributed by atoms with E-state index < -0.39 is 0 Å². The largest absolute Gasteiger partial charge is 0.341 e. The Morgan fingerprint density at radius 1 is 1.47 bits per heavy atom. The Hall–Kier alpha value is -1.36. The average molecular weight is 250 g/mol. The molecule has 0 N–H and O–H groups in total. The first-order valence-electron chi connectivity index (χ1n) is 5.77. The third-order valence-corrected chi connectivity index (χ3v) is 4.50. The molecule has 4 nitrogen and oxygen atoms in total. The molecular formula is C12H14N2O2S. The van der Waals surface area contributed by atoms with E-state index in [0.29, 0.717) is 6.42 Å². The van der Waals surface area contributed by atoms with E-state index in [1.165, 1.54) is 11.3 Å². The summed E-state index contributed by atoms with van der Waals surface area (Å²) < 4.78 is 0. The van der Waals surface area contributed by atoms with Crippen LogP contribution in [0.25, 0.3) is 0 Å². The zero-order valence-corrected chi connectivity index (χ0v) is 10.4. The Kier molecular flexibility index (Phi) is 2.43. The number of likely N-dealkylation sites (N-methyl/N-ethyl adjacent to an activating group) is 1. The number of carbonyl (C=O) groups excluding carboxylic acids is 2. The lowest BCUT2D eigenvalue weighted by atomic mass is 10.1. The van der Waals surface area contributed by atoms with Crippen molar-refractivity contribution < 1.29 is 9.59 Å². The molecule has 0 aromatic carbocycles. The lowest BCUT2D eigenvalue weighted by molar-refractivity contribution is -0.127. The van der Waals surface area contributed by atoms with Crippen LogP contribution in [0.4, 0.5) is 0 Å². The first kappa shape index (κ1) is 10.8. The Balaban J connectivity index is 1.83. The molecule has 2 aliphatic rings. The fourth-order valence-electron chi connectivity index (χ4n) is 2.85. The van der Waals surface area contributed by atoms with Gasteiger partial charge >= 0.3 is 0 Å². The molecule has 5 heteroatoms. The number of hydrogen-bond acceptors (Lipinski definition) is 3. The van der Waals surface area contributed by atoms with Gasteiger partial charge in [-0.25, -0.2) is 0 Å². The number of fused-ring (bicyclic) bond motifs is 1. The molecular weight excluding hydrogens is 236 g/mol. The monoisotopic (exact) mass is 250 g/mol. The number of rotatable bonds is 1. The quantitative estimate of drug-likeness (QED) is 0.751. The summed E-state index contributed by atoms with van der Waals surface area (Å²) in [5, 5.41) is 3.78. The molecule has 0 unspecified atom stereocenters. The molecule has 2 aliphatic heterocycles. The first-order chi connectivity index (χ1) is 8.18. The summed E-state index contributed by atoms with van der Waals surface area (Å²) in [4.78, 5) is 27.6. The molecule has 2 fully saturated rings. The van der Waals surface area contributed by atoms with Crippen LogP contribution in [-0.2, 0) is 4.79 Å². The number of nitrogens with zero attached hydrogens (tertiary/aromatic N) is 2. The van der Waals surface area contributed by atoms with Crippen LogP contribution in [0, 0.1) is 0 Å². The smallest absolute Gasteiger partial charge is 0.255 e. The Bertz CT molecular complexity index is 457. The molecule has 3 rings (SSSR count). The van der Waals surface area contributed by atoms with Crippen molar-refractivity contribution in [2.45, 2.75) is 24.9 Å². The van der Waals surface area contributed by atoms with Gasteiger partial charge in [-0.1, -0.05) is 0 Å². The fourth-order valence-corrected chi connectivity index (χ4v) is 3.48. The van der Waals surface area contributed by atoms with Crippen molar-refractivity contribution in [1.82, 2.24) is 9.80 Å². The molecule has 2 amide bonds. The van der Waals surface area contributed by atoms with E-state index in [2.05, 4.69) is 0 Å². The standard InChI is InChI=1S/C12H14N2O2S/c1-13-9-2-4-14(10(9)6-11(13)15)12(16)8-3-5-17-7-8/h3,5,7,9-10H,2,4,6H2,1H3/t9-,10-/m0/s1. The maximum Gasteiger partial charge on any atom is 0.255 e. The fraction of sp³-hybridized carbons (Fsp3) is 0.500. The van der Waals surface area contributed by atoms with Crippen molar-refractivity contribution in [3.8, 4) is 0 Å². The van der Waals surface area contributed by atoms with E-state index in [9.17, 15) is 9.59 Å². The van der Waals surface area contributed by atoms with Gasteiger partial charge in [0.2, 0.25) is 5.91 Å². The van der Waals surface area contributed by atoms with Gasteiger partial charge in [0.25, 0.3) is 5.91 Å².